The molecule has 158 valence electrons. The molecular weight excluding hydrogens is 402 g/mol. The molecule has 0 atom stereocenters. The van der Waals surface area contributed by atoms with E-state index in [1.807, 2.05) is 44.2 Å². The highest BCUT2D eigenvalue weighted by atomic mass is 32.2. The van der Waals surface area contributed by atoms with Gasteiger partial charge in [0.25, 0.3) is 0 Å². The zero-order valence-corrected chi connectivity index (χ0v) is 18.1. The molecule has 3 aromatic rings. The molecule has 2 aromatic carbocycles. The number of benzene rings is 2. The molecule has 1 heterocycles. The third-order valence-corrected chi connectivity index (χ3v) is 5.98. The molecule has 3 rings (SSSR count). The molecule has 0 saturated carbocycles. The molecule has 7 nitrogen and oxygen atoms in total. The average Bonchev–Trinajstić information content (AvgIpc) is 2.74. The van der Waals surface area contributed by atoms with Crippen molar-refractivity contribution in [2.24, 2.45) is 0 Å². The summed E-state index contributed by atoms with van der Waals surface area (Å²) < 4.78 is 38.5. The Balaban J connectivity index is 1.53. The highest BCUT2D eigenvalue weighted by Crippen LogP contribution is 2.21. The number of hydrogen-bond donors (Lipinski definition) is 1. The lowest BCUT2D eigenvalue weighted by Gasteiger charge is -2.10. The largest absolute Gasteiger partial charge is 0.494 e. The Morgan fingerprint density at radius 1 is 0.933 bits per heavy atom. The van der Waals surface area contributed by atoms with Crippen molar-refractivity contribution in [3.63, 3.8) is 0 Å². The lowest BCUT2D eigenvalue weighted by atomic mass is 10.1. The predicted octanol–water partition coefficient (Wildman–Crippen LogP) is 3.52. The number of rotatable bonds is 9. The molecule has 0 unspecified atom stereocenters. The minimum Gasteiger partial charge on any atom is -0.494 e. The summed E-state index contributed by atoms with van der Waals surface area (Å²) >= 11 is 0. The van der Waals surface area contributed by atoms with E-state index >= 15 is 0 Å². The van der Waals surface area contributed by atoms with Crippen LogP contribution in [-0.4, -0.2) is 38.4 Å². The Hall–Kier alpha value is -2.97. The quantitative estimate of drug-likeness (QED) is 0.526. The monoisotopic (exact) mass is 427 g/mol. The van der Waals surface area contributed by atoms with E-state index in [2.05, 4.69) is 14.9 Å². The van der Waals surface area contributed by atoms with Crippen LogP contribution in [0.1, 0.15) is 18.1 Å². The lowest BCUT2D eigenvalue weighted by molar-refractivity contribution is 0.307. The van der Waals surface area contributed by atoms with Crippen LogP contribution in [0.15, 0.2) is 59.5 Å². The molecule has 30 heavy (non-hydrogen) atoms. The maximum atomic E-state index is 12.5. The van der Waals surface area contributed by atoms with Gasteiger partial charge in [-0.15, -0.1) is 10.2 Å². The molecular formula is C22H25N3O4S. The fourth-order valence-electron chi connectivity index (χ4n) is 2.85. The number of aromatic nitrogens is 2. The number of hydrogen-bond acceptors (Lipinski definition) is 6. The van der Waals surface area contributed by atoms with E-state index in [9.17, 15) is 8.42 Å². The number of aryl methyl sites for hydroxylation is 2. The van der Waals surface area contributed by atoms with Crippen molar-refractivity contribution in [1.82, 2.24) is 14.9 Å². The van der Waals surface area contributed by atoms with Crippen LogP contribution in [0, 0.1) is 13.8 Å². The highest BCUT2D eigenvalue weighted by molar-refractivity contribution is 7.89. The smallest absolute Gasteiger partial charge is 0.240 e. The van der Waals surface area contributed by atoms with E-state index in [1.54, 1.807) is 31.2 Å². The van der Waals surface area contributed by atoms with Gasteiger partial charge in [0.1, 0.15) is 12.4 Å². The highest BCUT2D eigenvalue weighted by Gasteiger charge is 2.16. The minimum absolute atomic E-state index is 0.123. The Morgan fingerprint density at radius 2 is 1.70 bits per heavy atom. The first-order valence-electron chi connectivity index (χ1n) is 9.66. The second-order valence-electron chi connectivity index (χ2n) is 6.73. The van der Waals surface area contributed by atoms with Crippen molar-refractivity contribution >= 4 is 10.0 Å². The van der Waals surface area contributed by atoms with Crippen LogP contribution in [0.5, 0.6) is 11.6 Å². The Bertz CT molecular complexity index is 1080. The van der Waals surface area contributed by atoms with Crippen molar-refractivity contribution in [3.05, 3.63) is 65.7 Å². The van der Waals surface area contributed by atoms with Gasteiger partial charge in [0, 0.05) is 18.2 Å². The normalized spacial score (nSPS) is 11.3. The van der Waals surface area contributed by atoms with Crippen molar-refractivity contribution in [2.45, 2.75) is 25.7 Å². The van der Waals surface area contributed by atoms with Crippen molar-refractivity contribution in [1.29, 1.82) is 0 Å². The molecule has 0 aliphatic carbocycles. The summed E-state index contributed by atoms with van der Waals surface area (Å²) in [6, 6.07) is 16.4. The van der Waals surface area contributed by atoms with Crippen molar-refractivity contribution < 1.29 is 17.9 Å². The maximum Gasteiger partial charge on any atom is 0.240 e. The van der Waals surface area contributed by atoms with Gasteiger partial charge >= 0.3 is 0 Å². The lowest BCUT2D eigenvalue weighted by Crippen LogP contribution is -2.29. The van der Waals surface area contributed by atoms with Crippen LogP contribution in [-0.2, 0) is 10.0 Å². The van der Waals surface area contributed by atoms with Gasteiger partial charge in [-0.1, -0.05) is 12.1 Å². The first-order valence-corrected chi connectivity index (χ1v) is 11.1. The average molecular weight is 428 g/mol. The van der Waals surface area contributed by atoms with E-state index in [1.165, 1.54) is 0 Å². The molecule has 8 heteroatoms. The third-order valence-electron chi connectivity index (χ3n) is 4.38. The zero-order valence-electron chi connectivity index (χ0n) is 17.3. The molecule has 0 amide bonds. The van der Waals surface area contributed by atoms with Crippen molar-refractivity contribution in [3.8, 4) is 22.9 Å². The molecule has 0 aliphatic rings. The summed E-state index contributed by atoms with van der Waals surface area (Å²) in [6.07, 6.45) is 0. The van der Waals surface area contributed by atoms with Gasteiger partial charge in [-0.05, 0) is 68.3 Å². The van der Waals surface area contributed by atoms with E-state index in [0.29, 0.717) is 23.7 Å². The number of nitrogens with zero attached hydrogens (tertiary/aromatic N) is 2. The SMILES string of the molecule is CCOc1ccc(-c2ccc(OCCNS(=O)(=O)c3cc(C)ccc3C)nn2)cc1. The summed E-state index contributed by atoms with van der Waals surface area (Å²) in [5.41, 5.74) is 3.21. The molecule has 1 N–H and O–H groups in total. The molecule has 0 spiro atoms. The summed E-state index contributed by atoms with van der Waals surface area (Å²) in [5, 5.41) is 8.22. The van der Waals surface area contributed by atoms with Gasteiger partial charge < -0.3 is 9.47 Å². The fourth-order valence-corrected chi connectivity index (χ4v) is 4.19. The first-order chi connectivity index (χ1) is 14.4. The maximum absolute atomic E-state index is 12.5. The molecule has 0 fully saturated rings. The Labute approximate surface area is 177 Å². The van der Waals surface area contributed by atoms with E-state index in [0.717, 1.165) is 16.9 Å². The Kier molecular flexibility index (Phi) is 7.02. The second kappa shape index (κ2) is 9.69. The van der Waals surface area contributed by atoms with Crippen LogP contribution in [0.3, 0.4) is 0 Å². The van der Waals surface area contributed by atoms with E-state index in [-0.39, 0.29) is 18.0 Å². The second-order valence-corrected chi connectivity index (χ2v) is 8.46. The number of ether oxygens (including phenoxy) is 2. The van der Waals surface area contributed by atoms with Crippen molar-refractivity contribution in [2.75, 3.05) is 19.8 Å². The van der Waals surface area contributed by atoms with Gasteiger partial charge in [0.2, 0.25) is 15.9 Å². The van der Waals surface area contributed by atoms with Crippen LogP contribution in [0.4, 0.5) is 0 Å². The van der Waals surface area contributed by atoms with Crippen LogP contribution in [0.25, 0.3) is 11.3 Å². The molecule has 0 aliphatic heterocycles. The predicted molar refractivity (Wildman–Crippen MR) is 115 cm³/mol. The van der Waals surface area contributed by atoms with E-state index < -0.39 is 10.0 Å². The molecule has 0 saturated heterocycles. The summed E-state index contributed by atoms with van der Waals surface area (Å²) in [7, 11) is -3.59. The Morgan fingerprint density at radius 3 is 2.37 bits per heavy atom. The minimum atomic E-state index is -3.59. The summed E-state index contributed by atoms with van der Waals surface area (Å²) in [5.74, 6) is 1.13. The fraction of sp³-hybridized carbons (Fsp3) is 0.273. The zero-order chi connectivity index (χ0) is 21.6. The van der Waals surface area contributed by atoms with Crippen LogP contribution < -0.4 is 14.2 Å². The van der Waals surface area contributed by atoms with Gasteiger partial charge in [-0.25, -0.2) is 13.1 Å². The van der Waals surface area contributed by atoms with Gasteiger partial charge in [-0.3, -0.25) is 0 Å². The van der Waals surface area contributed by atoms with E-state index in [4.69, 9.17) is 9.47 Å². The number of nitrogens with one attached hydrogen (secondary N) is 1. The standard InChI is InChI=1S/C22H25N3O4S/c1-4-28-19-9-7-18(8-10-19)20-11-12-22(25-24-20)29-14-13-23-30(26,27)21-15-16(2)5-6-17(21)3/h5-12,15,23H,4,13-14H2,1-3H3. The summed E-state index contributed by atoms with van der Waals surface area (Å²) in [4.78, 5) is 0.280. The number of sulfonamides is 1. The third kappa shape index (κ3) is 5.55. The topological polar surface area (TPSA) is 90.4 Å². The molecule has 0 bridgehead atoms. The molecule has 1 aromatic heterocycles. The van der Waals surface area contributed by atoms with Gasteiger partial charge in [-0.2, -0.15) is 0 Å². The first kappa shape index (κ1) is 21.7. The van der Waals surface area contributed by atoms with Crippen LogP contribution >= 0.6 is 0 Å². The van der Waals surface area contributed by atoms with Crippen LogP contribution in [0.2, 0.25) is 0 Å². The van der Waals surface area contributed by atoms with Gasteiger partial charge in [0.15, 0.2) is 0 Å². The summed E-state index contributed by atoms with van der Waals surface area (Å²) in [6.45, 7) is 6.45. The van der Waals surface area contributed by atoms with Gasteiger partial charge in [0.05, 0.1) is 17.2 Å². The molecule has 0 radical (unpaired) electrons.